The lowest BCUT2D eigenvalue weighted by Gasteiger charge is -2.28. The first-order chi connectivity index (χ1) is 9.77. The normalized spacial score (nSPS) is 16.8. The monoisotopic (exact) mass is 305 g/mol. The van der Waals surface area contributed by atoms with Crippen LogP contribution in [0.5, 0.6) is 0 Å². The Morgan fingerprint density at radius 2 is 2.24 bits per heavy atom. The molecule has 0 saturated heterocycles. The van der Waals surface area contributed by atoms with E-state index in [1.54, 1.807) is 0 Å². The first-order valence-electron chi connectivity index (χ1n) is 6.81. The van der Waals surface area contributed by atoms with Crippen molar-refractivity contribution in [2.45, 2.75) is 51.0 Å². The fourth-order valence-corrected chi connectivity index (χ4v) is 2.61. The van der Waals surface area contributed by atoms with Crippen molar-refractivity contribution in [3.63, 3.8) is 0 Å². The maximum Gasteiger partial charge on any atom is 0.404 e. The number of aromatic nitrogens is 2. The standard InChI is InChI=1S/C13H18F3N3O2/c1-18(11(7-12(20)21)13(14,15)16)8-9-6-10-4-2-3-5-19(10)17-9/h6,11H,2-5,7-8H2,1H3,(H,20,21). The number of carboxylic acids is 1. The van der Waals surface area contributed by atoms with Crippen LogP contribution in [0.25, 0.3) is 0 Å². The highest BCUT2D eigenvalue weighted by atomic mass is 19.4. The lowest BCUT2D eigenvalue weighted by molar-refractivity contribution is -0.188. The summed E-state index contributed by atoms with van der Waals surface area (Å²) in [4.78, 5) is 11.6. The predicted molar refractivity (Wildman–Crippen MR) is 68.7 cm³/mol. The van der Waals surface area contributed by atoms with E-state index in [-0.39, 0.29) is 6.54 Å². The van der Waals surface area contributed by atoms with Crippen LogP contribution in [-0.2, 0) is 24.3 Å². The molecular weight excluding hydrogens is 287 g/mol. The van der Waals surface area contributed by atoms with Crippen LogP contribution in [0, 0.1) is 0 Å². The Labute approximate surface area is 120 Å². The van der Waals surface area contributed by atoms with Crippen LogP contribution in [0.4, 0.5) is 13.2 Å². The number of aryl methyl sites for hydroxylation is 2. The van der Waals surface area contributed by atoms with Crippen molar-refractivity contribution in [1.29, 1.82) is 0 Å². The van der Waals surface area contributed by atoms with Crippen LogP contribution in [0.1, 0.15) is 30.7 Å². The summed E-state index contributed by atoms with van der Waals surface area (Å²) in [5, 5.41) is 12.9. The van der Waals surface area contributed by atoms with Crippen LogP contribution in [-0.4, -0.2) is 45.0 Å². The van der Waals surface area contributed by atoms with Crippen molar-refractivity contribution in [2.75, 3.05) is 7.05 Å². The van der Waals surface area contributed by atoms with E-state index in [2.05, 4.69) is 5.10 Å². The molecule has 8 heteroatoms. The van der Waals surface area contributed by atoms with Gasteiger partial charge in [-0.25, -0.2) is 0 Å². The minimum atomic E-state index is -4.58. The molecule has 0 saturated carbocycles. The minimum absolute atomic E-state index is 0.0164. The highest BCUT2D eigenvalue weighted by Crippen LogP contribution is 2.27. The molecule has 1 aliphatic heterocycles. The molecule has 2 heterocycles. The van der Waals surface area contributed by atoms with Crippen molar-refractivity contribution in [2.24, 2.45) is 0 Å². The number of fused-ring (bicyclic) bond motifs is 1. The molecule has 0 aliphatic carbocycles. The van der Waals surface area contributed by atoms with Crippen LogP contribution < -0.4 is 0 Å². The van der Waals surface area contributed by atoms with Crippen LogP contribution in [0.15, 0.2) is 6.07 Å². The average molecular weight is 305 g/mol. The van der Waals surface area contributed by atoms with Gasteiger partial charge in [-0.1, -0.05) is 0 Å². The summed E-state index contributed by atoms with van der Waals surface area (Å²) in [5.41, 5.74) is 1.58. The van der Waals surface area contributed by atoms with Gasteiger partial charge in [-0.05, 0) is 32.4 Å². The molecule has 0 aromatic carbocycles. The highest BCUT2D eigenvalue weighted by Gasteiger charge is 2.43. The minimum Gasteiger partial charge on any atom is -0.481 e. The zero-order valence-corrected chi connectivity index (χ0v) is 11.7. The second-order valence-electron chi connectivity index (χ2n) is 5.38. The van der Waals surface area contributed by atoms with E-state index in [0.29, 0.717) is 5.69 Å². The summed E-state index contributed by atoms with van der Waals surface area (Å²) in [6.45, 7) is 0.772. The number of carboxylic acid groups (broad SMARTS) is 1. The molecule has 1 atom stereocenters. The molecule has 21 heavy (non-hydrogen) atoms. The number of carbonyl (C=O) groups is 1. The van der Waals surface area contributed by atoms with Crippen molar-refractivity contribution in [1.82, 2.24) is 14.7 Å². The number of rotatable bonds is 5. The Morgan fingerprint density at radius 1 is 1.52 bits per heavy atom. The van der Waals surface area contributed by atoms with Crippen LogP contribution in [0.2, 0.25) is 0 Å². The smallest absolute Gasteiger partial charge is 0.404 e. The van der Waals surface area contributed by atoms with Gasteiger partial charge in [0.05, 0.1) is 12.1 Å². The summed E-state index contributed by atoms with van der Waals surface area (Å²) in [6, 6.07) is -0.196. The zero-order chi connectivity index (χ0) is 15.6. The second-order valence-corrected chi connectivity index (χ2v) is 5.38. The van der Waals surface area contributed by atoms with E-state index in [4.69, 9.17) is 5.11 Å². The molecule has 1 N–H and O–H groups in total. The molecule has 1 aromatic heterocycles. The fourth-order valence-electron chi connectivity index (χ4n) is 2.61. The first kappa shape index (κ1) is 15.8. The SMILES string of the molecule is CN(Cc1cc2n(n1)CCCC2)C(CC(=O)O)C(F)(F)F. The Balaban J connectivity index is 2.09. The molecule has 5 nitrogen and oxygen atoms in total. The number of hydrogen-bond donors (Lipinski definition) is 1. The molecule has 0 spiro atoms. The molecule has 0 bridgehead atoms. The lowest BCUT2D eigenvalue weighted by Crippen LogP contribution is -2.44. The highest BCUT2D eigenvalue weighted by molar-refractivity contribution is 5.67. The third-order valence-corrected chi connectivity index (χ3v) is 3.66. The topological polar surface area (TPSA) is 58.4 Å². The van der Waals surface area contributed by atoms with Gasteiger partial charge in [-0.15, -0.1) is 0 Å². The summed E-state index contributed by atoms with van der Waals surface area (Å²) < 4.78 is 40.6. The molecule has 0 amide bonds. The van der Waals surface area contributed by atoms with Gasteiger partial charge in [0.25, 0.3) is 0 Å². The van der Waals surface area contributed by atoms with E-state index in [1.165, 1.54) is 7.05 Å². The van der Waals surface area contributed by atoms with E-state index in [0.717, 1.165) is 36.4 Å². The number of hydrogen-bond acceptors (Lipinski definition) is 3. The average Bonchev–Trinajstić information content (AvgIpc) is 2.76. The largest absolute Gasteiger partial charge is 0.481 e. The number of nitrogens with zero attached hydrogens (tertiary/aromatic N) is 3. The van der Waals surface area contributed by atoms with E-state index < -0.39 is 24.6 Å². The Bertz CT molecular complexity index is 490. The molecule has 2 rings (SSSR count). The summed E-state index contributed by atoms with van der Waals surface area (Å²) >= 11 is 0. The number of alkyl halides is 3. The van der Waals surface area contributed by atoms with Gasteiger partial charge in [0.2, 0.25) is 0 Å². The van der Waals surface area contributed by atoms with E-state index in [9.17, 15) is 18.0 Å². The van der Waals surface area contributed by atoms with E-state index in [1.807, 2.05) is 10.7 Å². The third-order valence-electron chi connectivity index (χ3n) is 3.66. The Hall–Kier alpha value is -1.57. The van der Waals surface area contributed by atoms with Gasteiger partial charge in [0.15, 0.2) is 0 Å². The van der Waals surface area contributed by atoms with Crippen molar-refractivity contribution < 1.29 is 23.1 Å². The molecule has 118 valence electrons. The van der Waals surface area contributed by atoms with E-state index >= 15 is 0 Å². The van der Waals surface area contributed by atoms with Gasteiger partial charge in [-0.2, -0.15) is 18.3 Å². The number of aliphatic carboxylic acids is 1. The zero-order valence-electron chi connectivity index (χ0n) is 11.7. The third kappa shape index (κ3) is 3.96. The number of halogens is 3. The van der Waals surface area contributed by atoms with Gasteiger partial charge in [0.1, 0.15) is 6.04 Å². The lowest BCUT2D eigenvalue weighted by atomic mass is 10.1. The molecule has 0 fully saturated rings. The van der Waals surface area contributed by atoms with Crippen LogP contribution in [0.3, 0.4) is 0 Å². The van der Waals surface area contributed by atoms with Crippen molar-refractivity contribution >= 4 is 5.97 Å². The summed E-state index contributed by atoms with van der Waals surface area (Å²) in [5.74, 6) is -1.46. The molecule has 1 unspecified atom stereocenters. The Kier molecular flexibility index (Phi) is 4.55. The van der Waals surface area contributed by atoms with Crippen molar-refractivity contribution in [3.05, 3.63) is 17.5 Å². The summed E-state index contributed by atoms with van der Waals surface area (Å²) in [6.07, 6.45) is -2.58. The molecule has 1 aromatic rings. The maximum absolute atomic E-state index is 12.9. The maximum atomic E-state index is 12.9. The van der Waals surface area contributed by atoms with Gasteiger partial charge in [-0.3, -0.25) is 14.4 Å². The quantitative estimate of drug-likeness (QED) is 0.904. The second kappa shape index (κ2) is 6.05. The molecular formula is C13H18F3N3O2. The molecule has 0 radical (unpaired) electrons. The fraction of sp³-hybridized carbons (Fsp3) is 0.692. The predicted octanol–water partition coefficient (Wildman–Crippen LogP) is 2.06. The van der Waals surface area contributed by atoms with Crippen molar-refractivity contribution in [3.8, 4) is 0 Å². The van der Waals surface area contributed by atoms with Gasteiger partial charge < -0.3 is 5.11 Å². The van der Waals surface area contributed by atoms with Gasteiger partial charge in [0, 0.05) is 18.8 Å². The van der Waals surface area contributed by atoms with Crippen LogP contribution >= 0.6 is 0 Å². The summed E-state index contributed by atoms with van der Waals surface area (Å²) in [7, 11) is 1.28. The first-order valence-corrected chi connectivity index (χ1v) is 6.81. The Morgan fingerprint density at radius 3 is 2.81 bits per heavy atom. The molecule has 1 aliphatic rings. The van der Waals surface area contributed by atoms with Gasteiger partial charge >= 0.3 is 12.1 Å².